The summed E-state index contributed by atoms with van der Waals surface area (Å²) in [7, 11) is 0. The smallest absolute Gasteiger partial charge is 0.276 e. The van der Waals surface area contributed by atoms with E-state index in [-0.39, 0.29) is 16.0 Å². The van der Waals surface area contributed by atoms with Crippen LogP contribution in [-0.4, -0.2) is 16.9 Å². The second kappa shape index (κ2) is 6.57. The van der Waals surface area contributed by atoms with Gasteiger partial charge in [0.15, 0.2) is 0 Å². The minimum Gasteiger partial charge on any atom is -0.492 e. The van der Waals surface area contributed by atoms with E-state index in [1.54, 1.807) is 13.0 Å². The van der Waals surface area contributed by atoms with Crippen molar-refractivity contribution in [3.63, 3.8) is 0 Å². The fraction of sp³-hybridized carbons (Fsp3) is 0.600. The van der Waals surface area contributed by atoms with E-state index in [4.69, 9.17) is 4.74 Å². The number of hydrogen-bond donors (Lipinski definition) is 0. The third-order valence-corrected chi connectivity index (χ3v) is 5.37. The van der Waals surface area contributed by atoms with Crippen LogP contribution in [0.5, 0.6) is 5.75 Å². The normalized spacial score (nSPS) is 17.7. The van der Waals surface area contributed by atoms with E-state index in [0.29, 0.717) is 17.9 Å². The number of nitro groups is 1. The molecule has 4 nitrogen and oxygen atoms in total. The summed E-state index contributed by atoms with van der Waals surface area (Å²) in [6.07, 6.45) is 6.09. The van der Waals surface area contributed by atoms with Gasteiger partial charge in [-0.2, -0.15) is 0 Å². The number of rotatable bonds is 5. The zero-order valence-electron chi connectivity index (χ0n) is 11.7. The molecule has 0 spiro atoms. The van der Waals surface area contributed by atoms with Gasteiger partial charge in [-0.3, -0.25) is 10.1 Å². The molecule has 0 atom stereocenters. The van der Waals surface area contributed by atoms with Crippen LogP contribution < -0.4 is 4.74 Å². The maximum absolute atomic E-state index is 10.9. The van der Waals surface area contributed by atoms with Gasteiger partial charge in [0.05, 0.1) is 17.1 Å². The summed E-state index contributed by atoms with van der Waals surface area (Å²) in [5, 5.41) is 11.9. The first kappa shape index (κ1) is 15.3. The molecular weight excluding hydrogens is 322 g/mol. The Bertz CT molecular complexity index is 484. The summed E-state index contributed by atoms with van der Waals surface area (Å²) in [5.41, 5.74) is 0.909. The minimum absolute atomic E-state index is 0.124. The Balaban J connectivity index is 2.10. The monoisotopic (exact) mass is 341 g/mol. The Hall–Kier alpha value is -1.10. The molecule has 0 heterocycles. The SMILES string of the molecule is Cc1c(OCC2(CBr)CCCCC2)cccc1[N+](=O)[O-]. The van der Waals surface area contributed by atoms with E-state index in [1.807, 2.05) is 6.07 Å². The molecule has 1 aliphatic rings. The molecule has 2 rings (SSSR count). The molecule has 0 bridgehead atoms. The van der Waals surface area contributed by atoms with Crippen molar-refractivity contribution in [2.24, 2.45) is 5.41 Å². The van der Waals surface area contributed by atoms with Crippen LogP contribution in [0.25, 0.3) is 0 Å². The highest BCUT2D eigenvalue weighted by molar-refractivity contribution is 9.09. The van der Waals surface area contributed by atoms with E-state index in [9.17, 15) is 10.1 Å². The lowest BCUT2D eigenvalue weighted by molar-refractivity contribution is -0.385. The molecule has 0 unspecified atom stereocenters. The fourth-order valence-corrected chi connectivity index (χ4v) is 3.53. The first-order valence-corrected chi connectivity index (χ1v) is 8.13. The molecule has 20 heavy (non-hydrogen) atoms. The standard InChI is InChI=1S/C15H20BrNO3/c1-12-13(17(18)19)6-5-7-14(12)20-11-15(10-16)8-3-2-4-9-15/h5-7H,2-4,8-11H2,1H3. The molecule has 1 aromatic rings. The average molecular weight is 342 g/mol. The Labute approximate surface area is 127 Å². The first-order chi connectivity index (χ1) is 9.58. The first-order valence-electron chi connectivity index (χ1n) is 7.01. The third kappa shape index (κ3) is 3.32. The van der Waals surface area contributed by atoms with Crippen molar-refractivity contribution in [3.8, 4) is 5.75 Å². The van der Waals surface area contributed by atoms with Crippen LogP contribution in [0, 0.1) is 22.5 Å². The van der Waals surface area contributed by atoms with Crippen molar-refractivity contribution in [3.05, 3.63) is 33.9 Å². The molecule has 1 fully saturated rings. The van der Waals surface area contributed by atoms with Gasteiger partial charge in [0.25, 0.3) is 5.69 Å². The molecule has 0 N–H and O–H groups in total. The van der Waals surface area contributed by atoms with Gasteiger partial charge in [-0.05, 0) is 25.8 Å². The van der Waals surface area contributed by atoms with E-state index >= 15 is 0 Å². The van der Waals surface area contributed by atoms with Gasteiger partial charge >= 0.3 is 0 Å². The molecule has 5 heteroatoms. The van der Waals surface area contributed by atoms with E-state index in [0.717, 1.165) is 18.2 Å². The number of halogens is 1. The van der Waals surface area contributed by atoms with Gasteiger partial charge in [0, 0.05) is 16.8 Å². The second-order valence-corrected chi connectivity index (χ2v) is 6.20. The lowest BCUT2D eigenvalue weighted by Crippen LogP contribution is -2.32. The quantitative estimate of drug-likeness (QED) is 0.445. The topological polar surface area (TPSA) is 52.4 Å². The second-order valence-electron chi connectivity index (χ2n) is 5.64. The van der Waals surface area contributed by atoms with Crippen LogP contribution in [-0.2, 0) is 0 Å². The van der Waals surface area contributed by atoms with Crippen LogP contribution >= 0.6 is 15.9 Å². The number of alkyl halides is 1. The number of nitro benzene ring substituents is 1. The van der Waals surface area contributed by atoms with Gasteiger partial charge in [-0.1, -0.05) is 41.3 Å². The van der Waals surface area contributed by atoms with E-state index in [2.05, 4.69) is 15.9 Å². The van der Waals surface area contributed by atoms with Gasteiger partial charge in [-0.15, -0.1) is 0 Å². The van der Waals surface area contributed by atoms with Crippen molar-refractivity contribution < 1.29 is 9.66 Å². The Morgan fingerprint density at radius 2 is 2.05 bits per heavy atom. The van der Waals surface area contributed by atoms with Crippen molar-refractivity contribution in [1.29, 1.82) is 0 Å². The highest BCUT2D eigenvalue weighted by atomic mass is 79.9. The molecule has 0 amide bonds. The van der Waals surface area contributed by atoms with Gasteiger partial charge < -0.3 is 4.74 Å². The van der Waals surface area contributed by atoms with Crippen molar-refractivity contribution in [2.45, 2.75) is 39.0 Å². The van der Waals surface area contributed by atoms with Crippen LogP contribution in [0.4, 0.5) is 5.69 Å². The Kier molecular flexibility index (Phi) is 5.02. The van der Waals surface area contributed by atoms with Crippen LogP contribution in [0.3, 0.4) is 0 Å². The van der Waals surface area contributed by atoms with Crippen molar-refractivity contribution in [1.82, 2.24) is 0 Å². The number of ether oxygens (including phenoxy) is 1. The molecule has 1 aliphatic carbocycles. The Morgan fingerprint density at radius 3 is 2.65 bits per heavy atom. The summed E-state index contributed by atoms with van der Waals surface area (Å²) in [5.74, 6) is 0.630. The lowest BCUT2D eigenvalue weighted by atomic mass is 9.76. The van der Waals surface area contributed by atoms with Crippen molar-refractivity contribution >= 4 is 21.6 Å². The molecule has 0 aliphatic heterocycles. The highest BCUT2D eigenvalue weighted by Crippen LogP contribution is 2.39. The molecule has 110 valence electrons. The van der Waals surface area contributed by atoms with E-state index in [1.165, 1.54) is 25.3 Å². The molecule has 1 aromatic carbocycles. The predicted molar refractivity (Wildman–Crippen MR) is 82.6 cm³/mol. The number of benzene rings is 1. The third-order valence-electron chi connectivity index (χ3n) is 4.18. The highest BCUT2D eigenvalue weighted by Gasteiger charge is 2.32. The maximum atomic E-state index is 10.9. The van der Waals surface area contributed by atoms with Crippen LogP contribution in [0.1, 0.15) is 37.7 Å². The summed E-state index contributed by atoms with van der Waals surface area (Å²) in [4.78, 5) is 10.6. The zero-order chi connectivity index (χ0) is 14.6. The van der Waals surface area contributed by atoms with Gasteiger partial charge in [0.2, 0.25) is 0 Å². The van der Waals surface area contributed by atoms with Gasteiger partial charge in [0.1, 0.15) is 5.75 Å². The predicted octanol–water partition coefficient (Wildman–Crippen LogP) is 4.63. The molecular formula is C15H20BrNO3. The molecule has 0 radical (unpaired) electrons. The number of hydrogen-bond acceptors (Lipinski definition) is 3. The van der Waals surface area contributed by atoms with Crippen LogP contribution in [0.2, 0.25) is 0 Å². The fourth-order valence-electron chi connectivity index (χ4n) is 2.81. The minimum atomic E-state index is -0.358. The Morgan fingerprint density at radius 1 is 1.35 bits per heavy atom. The van der Waals surface area contributed by atoms with Crippen molar-refractivity contribution in [2.75, 3.05) is 11.9 Å². The summed E-state index contributed by atoms with van der Waals surface area (Å²) < 4.78 is 5.93. The number of nitrogens with zero attached hydrogens (tertiary/aromatic N) is 1. The summed E-state index contributed by atoms with van der Waals surface area (Å²) in [6.45, 7) is 2.37. The molecule has 0 aromatic heterocycles. The summed E-state index contributed by atoms with van der Waals surface area (Å²) >= 11 is 3.61. The molecule has 1 saturated carbocycles. The average Bonchev–Trinajstić information content (AvgIpc) is 2.47. The molecule has 0 saturated heterocycles. The van der Waals surface area contributed by atoms with Crippen LogP contribution in [0.15, 0.2) is 18.2 Å². The summed E-state index contributed by atoms with van der Waals surface area (Å²) in [6, 6.07) is 5.01. The lowest BCUT2D eigenvalue weighted by Gasteiger charge is -2.35. The van der Waals surface area contributed by atoms with E-state index < -0.39 is 0 Å². The largest absolute Gasteiger partial charge is 0.492 e. The van der Waals surface area contributed by atoms with Gasteiger partial charge in [-0.25, -0.2) is 0 Å². The maximum Gasteiger partial charge on any atom is 0.276 e. The zero-order valence-corrected chi connectivity index (χ0v) is 13.3.